The van der Waals surface area contributed by atoms with Gasteiger partial charge < -0.3 is 19.0 Å². The second kappa shape index (κ2) is 7.07. The molecule has 1 atom stereocenters. The first-order chi connectivity index (χ1) is 12.6. The highest BCUT2D eigenvalue weighted by atomic mass is 16.5. The highest BCUT2D eigenvalue weighted by molar-refractivity contribution is 5.83. The molecule has 4 rings (SSSR count). The number of hydrogen-bond donors (Lipinski definition) is 0. The molecule has 3 heterocycles. The number of piperazine rings is 1. The molecule has 1 aromatic heterocycles. The van der Waals surface area contributed by atoms with E-state index in [2.05, 4.69) is 4.98 Å². The van der Waals surface area contributed by atoms with Crippen LogP contribution in [0.25, 0.3) is 11.1 Å². The zero-order valence-corrected chi connectivity index (χ0v) is 14.9. The quantitative estimate of drug-likeness (QED) is 0.833. The molecule has 0 aliphatic carbocycles. The van der Waals surface area contributed by atoms with Gasteiger partial charge >= 0.3 is 0 Å². The van der Waals surface area contributed by atoms with Crippen LogP contribution in [0.2, 0.25) is 0 Å². The minimum Gasteiger partial charge on any atom is -0.441 e. The van der Waals surface area contributed by atoms with Gasteiger partial charge in [0.2, 0.25) is 5.91 Å². The molecular formula is C19H23N3O4. The summed E-state index contributed by atoms with van der Waals surface area (Å²) in [6.07, 6.45) is 1.81. The van der Waals surface area contributed by atoms with Crippen molar-refractivity contribution in [1.82, 2.24) is 14.8 Å². The summed E-state index contributed by atoms with van der Waals surface area (Å²) < 4.78 is 10.9. The van der Waals surface area contributed by atoms with Gasteiger partial charge in [-0.05, 0) is 30.5 Å². The Morgan fingerprint density at radius 3 is 2.69 bits per heavy atom. The van der Waals surface area contributed by atoms with E-state index in [4.69, 9.17) is 9.15 Å². The molecule has 0 saturated carbocycles. The Kier molecular flexibility index (Phi) is 4.63. The van der Waals surface area contributed by atoms with Gasteiger partial charge in [-0.15, -0.1) is 0 Å². The SMILES string of the molecule is Cc1nc2cc(CC(=O)N3CCN(C(=O)C4CCCO4)CC3)ccc2o1. The van der Waals surface area contributed by atoms with E-state index in [0.717, 1.165) is 29.5 Å². The number of benzene rings is 1. The molecule has 1 aromatic carbocycles. The lowest BCUT2D eigenvalue weighted by molar-refractivity contribution is -0.145. The fraction of sp³-hybridized carbons (Fsp3) is 0.526. The summed E-state index contributed by atoms with van der Waals surface area (Å²) in [5, 5.41) is 0. The van der Waals surface area contributed by atoms with E-state index in [9.17, 15) is 9.59 Å². The van der Waals surface area contributed by atoms with E-state index in [1.54, 1.807) is 0 Å². The standard InChI is InChI=1S/C19H23N3O4/c1-13-20-15-11-14(4-5-16(15)26-13)12-18(23)21-6-8-22(9-7-21)19(24)17-3-2-10-25-17/h4-5,11,17H,2-3,6-10,12H2,1H3. The van der Waals surface area contributed by atoms with E-state index in [1.165, 1.54) is 0 Å². The molecule has 2 amide bonds. The lowest BCUT2D eigenvalue weighted by atomic mass is 10.1. The second-order valence-electron chi connectivity index (χ2n) is 6.92. The van der Waals surface area contributed by atoms with Crippen molar-refractivity contribution in [2.45, 2.75) is 32.3 Å². The minimum atomic E-state index is -0.283. The van der Waals surface area contributed by atoms with Crippen molar-refractivity contribution in [3.63, 3.8) is 0 Å². The number of aromatic nitrogens is 1. The van der Waals surface area contributed by atoms with Crippen molar-refractivity contribution in [3.8, 4) is 0 Å². The van der Waals surface area contributed by atoms with Gasteiger partial charge in [0.05, 0.1) is 6.42 Å². The number of carbonyl (C=O) groups is 2. The summed E-state index contributed by atoms with van der Waals surface area (Å²) in [4.78, 5) is 32.9. The molecule has 2 aliphatic rings. The Hall–Kier alpha value is -2.41. The van der Waals surface area contributed by atoms with Crippen LogP contribution in [0.5, 0.6) is 0 Å². The number of amides is 2. The van der Waals surface area contributed by atoms with Crippen molar-refractivity contribution in [2.75, 3.05) is 32.8 Å². The maximum atomic E-state index is 12.6. The third-order valence-electron chi connectivity index (χ3n) is 5.06. The van der Waals surface area contributed by atoms with Gasteiger partial charge in [0, 0.05) is 39.7 Å². The molecule has 1 unspecified atom stereocenters. The van der Waals surface area contributed by atoms with Crippen molar-refractivity contribution >= 4 is 22.9 Å². The predicted molar refractivity (Wildman–Crippen MR) is 94.6 cm³/mol. The first-order valence-electron chi connectivity index (χ1n) is 9.14. The maximum absolute atomic E-state index is 12.6. The third-order valence-corrected chi connectivity index (χ3v) is 5.06. The van der Waals surface area contributed by atoms with Crippen LogP contribution in [0, 0.1) is 6.92 Å². The van der Waals surface area contributed by atoms with Crippen molar-refractivity contribution in [3.05, 3.63) is 29.7 Å². The largest absolute Gasteiger partial charge is 0.441 e. The molecule has 0 spiro atoms. The Balaban J connectivity index is 1.33. The van der Waals surface area contributed by atoms with E-state index in [0.29, 0.717) is 45.1 Å². The van der Waals surface area contributed by atoms with Gasteiger partial charge in [-0.25, -0.2) is 4.98 Å². The molecule has 2 saturated heterocycles. The van der Waals surface area contributed by atoms with Crippen LogP contribution in [0.1, 0.15) is 24.3 Å². The van der Waals surface area contributed by atoms with Crippen molar-refractivity contribution < 1.29 is 18.7 Å². The highest BCUT2D eigenvalue weighted by Crippen LogP contribution is 2.19. The van der Waals surface area contributed by atoms with E-state index >= 15 is 0 Å². The van der Waals surface area contributed by atoms with Gasteiger partial charge in [-0.3, -0.25) is 9.59 Å². The van der Waals surface area contributed by atoms with Crippen LogP contribution in [0.4, 0.5) is 0 Å². The molecule has 0 radical (unpaired) electrons. The fourth-order valence-corrected chi connectivity index (χ4v) is 3.64. The summed E-state index contributed by atoms with van der Waals surface area (Å²) in [7, 11) is 0. The van der Waals surface area contributed by atoms with Gasteiger partial charge in [-0.2, -0.15) is 0 Å². The molecule has 0 bridgehead atoms. The summed E-state index contributed by atoms with van der Waals surface area (Å²) in [5.74, 6) is 0.769. The predicted octanol–water partition coefficient (Wildman–Crippen LogP) is 1.53. The van der Waals surface area contributed by atoms with Gasteiger partial charge in [0.1, 0.15) is 11.6 Å². The molecule has 7 heteroatoms. The number of ether oxygens (including phenoxy) is 1. The van der Waals surface area contributed by atoms with Crippen molar-refractivity contribution in [2.24, 2.45) is 0 Å². The molecule has 7 nitrogen and oxygen atoms in total. The van der Waals surface area contributed by atoms with E-state index < -0.39 is 0 Å². The van der Waals surface area contributed by atoms with Crippen LogP contribution in [0.15, 0.2) is 22.6 Å². The summed E-state index contributed by atoms with van der Waals surface area (Å²) in [6, 6.07) is 5.67. The highest BCUT2D eigenvalue weighted by Gasteiger charge is 2.31. The number of fused-ring (bicyclic) bond motifs is 1. The monoisotopic (exact) mass is 357 g/mol. The molecule has 2 fully saturated rings. The minimum absolute atomic E-state index is 0.0708. The average molecular weight is 357 g/mol. The van der Waals surface area contributed by atoms with Crippen LogP contribution in [-0.4, -0.2) is 65.5 Å². The second-order valence-corrected chi connectivity index (χ2v) is 6.92. The molecule has 2 aliphatic heterocycles. The topological polar surface area (TPSA) is 75.9 Å². The molecule has 26 heavy (non-hydrogen) atoms. The summed E-state index contributed by atoms with van der Waals surface area (Å²) in [6.45, 7) is 4.77. The van der Waals surface area contributed by atoms with Crippen LogP contribution < -0.4 is 0 Å². The molecule has 138 valence electrons. The number of aryl methyl sites for hydroxylation is 1. The maximum Gasteiger partial charge on any atom is 0.251 e. The lowest BCUT2D eigenvalue weighted by Gasteiger charge is -2.35. The van der Waals surface area contributed by atoms with Gasteiger partial charge in [-0.1, -0.05) is 6.07 Å². The van der Waals surface area contributed by atoms with E-state index in [1.807, 2.05) is 34.9 Å². The Bertz CT molecular complexity index is 817. The number of oxazole rings is 1. The van der Waals surface area contributed by atoms with Crippen LogP contribution in [0.3, 0.4) is 0 Å². The first kappa shape index (κ1) is 17.0. The number of hydrogen-bond acceptors (Lipinski definition) is 5. The van der Waals surface area contributed by atoms with Gasteiger partial charge in [0.15, 0.2) is 11.5 Å². The zero-order valence-electron chi connectivity index (χ0n) is 14.9. The Morgan fingerprint density at radius 1 is 1.19 bits per heavy atom. The number of carbonyl (C=O) groups excluding carboxylic acids is 2. The first-order valence-corrected chi connectivity index (χ1v) is 9.14. The average Bonchev–Trinajstić information content (AvgIpc) is 3.29. The van der Waals surface area contributed by atoms with Crippen LogP contribution >= 0.6 is 0 Å². The zero-order chi connectivity index (χ0) is 18.1. The fourth-order valence-electron chi connectivity index (χ4n) is 3.64. The molecular weight excluding hydrogens is 334 g/mol. The third kappa shape index (κ3) is 3.44. The molecule has 0 N–H and O–H groups in total. The molecule has 2 aromatic rings. The van der Waals surface area contributed by atoms with Crippen molar-refractivity contribution in [1.29, 1.82) is 0 Å². The van der Waals surface area contributed by atoms with Crippen LogP contribution in [-0.2, 0) is 20.7 Å². The summed E-state index contributed by atoms with van der Waals surface area (Å²) >= 11 is 0. The Labute approximate surface area is 151 Å². The lowest BCUT2D eigenvalue weighted by Crippen LogP contribution is -2.53. The Morgan fingerprint density at radius 2 is 1.96 bits per heavy atom. The number of rotatable bonds is 3. The summed E-state index contributed by atoms with van der Waals surface area (Å²) in [5.41, 5.74) is 2.44. The number of nitrogens with zero attached hydrogens (tertiary/aromatic N) is 3. The van der Waals surface area contributed by atoms with E-state index in [-0.39, 0.29) is 17.9 Å². The van der Waals surface area contributed by atoms with Gasteiger partial charge in [0.25, 0.3) is 5.91 Å². The smallest absolute Gasteiger partial charge is 0.251 e. The normalized spacial score (nSPS) is 20.7.